The van der Waals surface area contributed by atoms with Crippen LogP contribution in [0.15, 0.2) is 36.4 Å². The third kappa shape index (κ3) is 2.68. The van der Waals surface area contributed by atoms with Crippen molar-refractivity contribution in [2.75, 3.05) is 0 Å². The molecule has 0 bridgehead atoms. The van der Waals surface area contributed by atoms with E-state index in [-0.39, 0.29) is 11.5 Å². The van der Waals surface area contributed by atoms with E-state index in [4.69, 9.17) is 9.47 Å². The Kier molecular flexibility index (Phi) is 4.90. The van der Waals surface area contributed by atoms with Gasteiger partial charge in [-0.2, -0.15) is 0 Å². The quantitative estimate of drug-likeness (QED) is 0.240. The Labute approximate surface area is 219 Å². The maximum Gasteiger partial charge on any atom is 0.340 e. The lowest BCUT2D eigenvalue weighted by atomic mass is 9.77. The van der Waals surface area contributed by atoms with Crippen LogP contribution in [0.1, 0.15) is 27.0 Å². The number of ether oxygens (including phenoxy) is 2. The van der Waals surface area contributed by atoms with Crippen molar-refractivity contribution in [3.8, 4) is 23.0 Å². The molecule has 0 radical (unpaired) electrons. The Morgan fingerprint density at radius 3 is 1.86 bits per heavy atom. The van der Waals surface area contributed by atoms with Gasteiger partial charge in [0.25, 0.3) is 0 Å². The monoisotopic (exact) mass is 834 g/mol. The summed E-state index contributed by atoms with van der Waals surface area (Å²) in [5.41, 5.74) is 1.02. The van der Waals surface area contributed by atoms with Crippen LogP contribution in [0.5, 0.6) is 23.0 Å². The van der Waals surface area contributed by atoms with Crippen molar-refractivity contribution in [3.05, 3.63) is 72.9 Å². The van der Waals surface area contributed by atoms with E-state index in [2.05, 4.69) is 0 Å². The molecule has 0 N–H and O–H groups in total. The normalized spacial score (nSPS) is 15.4. The second-order valence-corrected chi connectivity index (χ2v) is 11.0. The van der Waals surface area contributed by atoms with Gasteiger partial charge in [0.2, 0.25) is 0 Å². The fourth-order valence-corrected chi connectivity index (χ4v) is 7.33. The predicted octanol–water partition coefficient (Wildman–Crippen LogP) is 4.82. The second kappa shape index (κ2) is 6.98. The van der Waals surface area contributed by atoms with E-state index in [0.717, 1.165) is 0 Å². The van der Waals surface area contributed by atoms with Crippen molar-refractivity contribution in [3.63, 3.8) is 0 Å². The Morgan fingerprint density at radius 1 is 0.793 bits per heavy atom. The molecular weight excluding hydrogens is 828 g/mol. The summed E-state index contributed by atoms with van der Waals surface area (Å²) in [6.07, 6.45) is 0. The van der Waals surface area contributed by atoms with Crippen LogP contribution in [0, 0.1) is 14.3 Å². The molecule has 5 rings (SSSR count). The number of halogens is 4. The molecule has 0 atom stereocenters. The molecule has 2 heterocycles. The van der Waals surface area contributed by atoms with Gasteiger partial charge in [0.05, 0.1) is 5.56 Å². The van der Waals surface area contributed by atoms with Crippen molar-refractivity contribution in [1.82, 2.24) is 0 Å². The molecule has 5 nitrogen and oxygen atoms in total. The first-order valence-electron chi connectivity index (χ1n) is 8.17. The molecule has 0 aliphatic carbocycles. The van der Waals surface area contributed by atoms with Gasteiger partial charge < -0.3 is 19.7 Å². The number of rotatable bonds is 0. The fourth-order valence-electron chi connectivity index (χ4n) is 3.75. The number of benzene rings is 3. The van der Waals surface area contributed by atoms with Crippen LogP contribution < -0.4 is 14.9 Å². The molecule has 3 aromatic rings. The van der Waals surface area contributed by atoms with Crippen molar-refractivity contribution in [2.24, 2.45) is 0 Å². The highest BCUT2D eigenvalue weighted by molar-refractivity contribution is 14.1. The number of esters is 1. The Balaban J connectivity index is 1.99. The summed E-state index contributed by atoms with van der Waals surface area (Å²) >= 11 is 7.86. The van der Waals surface area contributed by atoms with E-state index in [1.807, 2.05) is 102 Å². The first-order valence-corrected chi connectivity index (χ1v) is 12.5. The van der Waals surface area contributed by atoms with Crippen molar-refractivity contribution in [2.45, 2.75) is 5.60 Å². The standard InChI is InChI=1S/C20H8I4O5/c21-11-5-9-17(13(23)15(11)25)28-18-10(6-12(22)16(26)14(18)24)20(9)8-4-2-1-3-7(8)19(27)29-20/h1-6,25-26H/p-2. The molecule has 9 heteroatoms. The predicted molar refractivity (Wildman–Crippen MR) is 134 cm³/mol. The topological polar surface area (TPSA) is 81.7 Å². The van der Waals surface area contributed by atoms with E-state index in [9.17, 15) is 15.0 Å². The molecule has 0 fully saturated rings. The van der Waals surface area contributed by atoms with E-state index in [0.29, 0.717) is 48.0 Å². The Hall–Kier alpha value is -0.550. The number of fused-ring (bicyclic) bond motifs is 6. The van der Waals surface area contributed by atoms with Crippen molar-refractivity contribution in [1.29, 1.82) is 0 Å². The third-order valence-corrected chi connectivity index (χ3v) is 8.56. The van der Waals surface area contributed by atoms with Gasteiger partial charge in [-0.1, -0.05) is 29.7 Å². The Morgan fingerprint density at radius 2 is 1.31 bits per heavy atom. The molecule has 0 unspecified atom stereocenters. The molecule has 29 heavy (non-hydrogen) atoms. The molecule has 1 spiro atoms. The Bertz CT molecular complexity index is 1190. The number of carbonyl (C=O) groups excluding carboxylic acids is 1. The highest BCUT2D eigenvalue weighted by atomic mass is 127. The lowest BCUT2D eigenvalue weighted by molar-refractivity contribution is -0.271. The average Bonchev–Trinajstić information content (AvgIpc) is 3.00. The number of hydrogen-bond donors (Lipinski definition) is 0. The summed E-state index contributed by atoms with van der Waals surface area (Å²) in [6, 6.07) is 10.6. The van der Waals surface area contributed by atoms with Crippen molar-refractivity contribution >= 4 is 96.3 Å². The molecule has 0 saturated carbocycles. The maximum absolute atomic E-state index is 12.8. The van der Waals surface area contributed by atoms with Gasteiger partial charge in [0.15, 0.2) is 5.60 Å². The summed E-state index contributed by atoms with van der Waals surface area (Å²) < 4.78 is 14.0. The average molecular weight is 834 g/mol. The molecule has 0 aromatic heterocycles. The lowest BCUT2D eigenvalue weighted by Gasteiger charge is -2.39. The number of hydrogen-bond acceptors (Lipinski definition) is 5. The van der Waals surface area contributed by atoms with Crippen molar-refractivity contribution < 1.29 is 24.5 Å². The van der Waals surface area contributed by atoms with Crippen LogP contribution in [-0.2, 0) is 10.3 Å². The van der Waals surface area contributed by atoms with E-state index in [1.54, 1.807) is 24.3 Å². The van der Waals surface area contributed by atoms with Crippen LogP contribution in [0.3, 0.4) is 0 Å². The van der Waals surface area contributed by atoms with Gasteiger partial charge in [-0.05, 0) is 109 Å². The molecular formula is C20H6I4O5-2. The number of carbonyl (C=O) groups is 1. The summed E-state index contributed by atoms with van der Waals surface area (Å²) in [6.45, 7) is 0. The van der Waals surface area contributed by atoms with Gasteiger partial charge in [-0.25, -0.2) is 4.79 Å². The van der Waals surface area contributed by atoms with Crippen LogP contribution in [0.25, 0.3) is 0 Å². The zero-order valence-corrected chi connectivity index (χ0v) is 22.6. The van der Waals surface area contributed by atoms with Gasteiger partial charge in [-0.3, -0.25) is 0 Å². The fraction of sp³-hybridized carbons (Fsp3) is 0.0500. The van der Waals surface area contributed by atoms with Crippen LogP contribution >= 0.6 is 90.4 Å². The van der Waals surface area contributed by atoms with Gasteiger partial charge in [-0.15, -0.1) is 0 Å². The van der Waals surface area contributed by atoms with E-state index >= 15 is 0 Å². The van der Waals surface area contributed by atoms with Gasteiger partial charge in [0, 0.05) is 31.0 Å². The first kappa shape index (κ1) is 20.4. The smallest absolute Gasteiger partial charge is 0.340 e. The first-order chi connectivity index (χ1) is 13.8. The van der Waals surface area contributed by atoms with E-state index < -0.39 is 11.6 Å². The van der Waals surface area contributed by atoms with E-state index in [1.165, 1.54) is 0 Å². The molecule has 2 aliphatic rings. The summed E-state index contributed by atoms with van der Waals surface area (Å²) in [7, 11) is 0. The zero-order chi connectivity index (χ0) is 20.7. The zero-order valence-electron chi connectivity index (χ0n) is 14.0. The van der Waals surface area contributed by atoms with Gasteiger partial charge in [0.1, 0.15) is 11.5 Å². The lowest BCUT2D eigenvalue weighted by Crippen LogP contribution is -2.34. The largest absolute Gasteiger partial charge is 0.871 e. The van der Waals surface area contributed by atoms with Crippen LogP contribution in [0.2, 0.25) is 0 Å². The molecule has 0 saturated heterocycles. The summed E-state index contributed by atoms with van der Waals surface area (Å²) in [5, 5.41) is 25.2. The third-order valence-electron chi connectivity index (χ3n) is 5.00. The SMILES string of the molecule is O=C1OC2(c3ccccc31)c1cc(I)c([O-])c(I)c1Oc1c2cc(I)c([O-])c1I. The minimum atomic E-state index is -1.28. The van der Waals surface area contributed by atoms with Gasteiger partial charge >= 0.3 is 5.97 Å². The molecule has 146 valence electrons. The van der Waals surface area contributed by atoms with Crippen LogP contribution in [0.4, 0.5) is 0 Å². The minimum absolute atomic E-state index is 0.163. The molecule has 3 aromatic carbocycles. The second-order valence-electron chi connectivity index (χ2n) is 6.47. The van der Waals surface area contributed by atoms with Crippen LogP contribution in [-0.4, -0.2) is 5.97 Å². The summed E-state index contributed by atoms with van der Waals surface area (Å²) in [4.78, 5) is 12.8. The molecule has 0 amide bonds. The minimum Gasteiger partial charge on any atom is -0.871 e. The molecule has 2 aliphatic heterocycles. The maximum atomic E-state index is 12.8. The summed E-state index contributed by atoms with van der Waals surface area (Å²) in [5.74, 6) is -0.127. The highest BCUT2D eigenvalue weighted by Gasteiger charge is 2.54. The highest BCUT2D eigenvalue weighted by Crippen LogP contribution is 2.59.